The molecule has 9 heteroatoms. The fraction of sp³-hybridized carbons (Fsp3) is 0.417. The molecule has 3 rings (SSSR count). The van der Waals surface area contributed by atoms with Crippen molar-refractivity contribution >= 4 is 41.7 Å². The number of hydrogen-bond donors (Lipinski definition) is 2. The Bertz CT molecular complexity index is 870. The minimum Gasteiger partial charge on any atom is -0.462 e. The average molecular weight is 495 g/mol. The van der Waals surface area contributed by atoms with E-state index in [4.69, 9.17) is 16.3 Å². The zero-order chi connectivity index (χ0) is 22.8. The molecule has 7 nitrogen and oxygen atoms in total. The van der Waals surface area contributed by atoms with E-state index < -0.39 is 0 Å². The van der Waals surface area contributed by atoms with Crippen molar-refractivity contribution in [2.24, 2.45) is 0 Å². The van der Waals surface area contributed by atoms with Crippen LogP contribution in [-0.4, -0.2) is 67.7 Å². The number of piperazine rings is 1. The molecule has 1 fully saturated rings. The molecule has 0 spiro atoms. The first-order valence-corrected chi connectivity index (χ1v) is 11.4. The number of hydrogen-bond acceptors (Lipinski definition) is 5. The fourth-order valence-corrected chi connectivity index (χ4v) is 3.73. The van der Waals surface area contributed by atoms with Crippen LogP contribution in [0.15, 0.2) is 48.5 Å². The van der Waals surface area contributed by atoms with Gasteiger partial charge >= 0.3 is 12.0 Å². The van der Waals surface area contributed by atoms with Crippen molar-refractivity contribution in [2.75, 3.05) is 51.2 Å². The third-order valence-corrected chi connectivity index (χ3v) is 5.63. The number of carbonyl (C=O) groups is 2. The van der Waals surface area contributed by atoms with Gasteiger partial charge in [-0.25, -0.2) is 9.59 Å². The molecule has 1 saturated heterocycles. The molecule has 0 atom stereocenters. The van der Waals surface area contributed by atoms with Crippen molar-refractivity contribution in [3.63, 3.8) is 0 Å². The Morgan fingerprint density at radius 3 is 2.24 bits per heavy atom. The van der Waals surface area contributed by atoms with Gasteiger partial charge in [0.05, 0.1) is 12.2 Å². The van der Waals surface area contributed by atoms with Crippen molar-refractivity contribution < 1.29 is 14.3 Å². The van der Waals surface area contributed by atoms with E-state index in [-0.39, 0.29) is 24.4 Å². The molecular formula is C24H32Cl2N4O3. The van der Waals surface area contributed by atoms with Gasteiger partial charge in [0, 0.05) is 50.0 Å². The number of benzene rings is 2. The molecule has 2 aromatic carbocycles. The molecule has 0 aromatic heterocycles. The van der Waals surface area contributed by atoms with Crippen LogP contribution in [0.5, 0.6) is 0 Å². The number of anilines is 1. The lowest BCUT2D eigenvalue weighted by molar-refractivity contribution is 0.0526. The van der Waals surface area contributed by atoms with Gasteiger partial charge in [0.1, 0.15) is 0 Å². The normalized spacial score (nSPS) is 14.2. The molecule has 0 aliphatic carbocycles. The molecular weight excluding hydrogens is 463 g/mol. The van der Waals surface area contributed by atoms with Gasteiger partial charge in [0.15, 0.2) is 0 Å². The lowest BCUT2D eigenvalue weighted by atomic mass is 10.2. The fourth-order valence-electron chi connectivity index (χ4n) is 3.60. The largest absolute Gasteiger partial charge is 0.462 e. The number of esters is 1. The van der Waals surface area contributed by atoms with E-state index in [0.717, 1.165) is 50.7 Å². The summed E-state index contributed by atoms with van der Waals surface area (Å²) in [5.41, 5.74) is 2.38. The van der Waals surface area contributed by atoms with Crippen molar-refractivity contribution in [3.8, 4) is 0 Å². The Hall–Kier alpha value is -2.32. The van der Waals surface area contributed by atoms with Crippen molar-refractivity contribution in [2.45, 2.75) is 19.9 Å². The Morgan fingerprint density at radius 2 is 1.61 bits per heavy atom. The molecule has 2 aromatic rings. The number of ether oxygens (including phenoxy) is 1. The highest BCUT2D eigenvalue weighted by molar-refractivity contribution is 6.30. The number of carbonyl (C=O) groups excluding carboxylic acids is 2. The highest BCUT2D eigenvalue weighted by atomic mass is 35.5. The van der Waals surface area contributed by atoms with E-state index in [1.807, 2.05) is 12.1 Å². The maximum atomic E-state index is 12.1. The lowest BCUT2D eigenvalue weighted by Crippen LogP contribution is -2.46. The molecule has 1 aliphatic rings. The number of halogens is 2. The van der Waals surface area contributed by atoms with Crippen LogP contribution in [0.1, 0.15) is 29.3 Å². The third-order valence-electron chi connectivity index (χ3n) is 5.37. The minimum absolute atomic E-state index is 0. The maximum absolute atomic E-state index is 12.1. The highest BCUT2D eigenvalue weighted by Gasteiger charge is 2.16. The monoisotopic (exact) mass is 494 g/mol. The second-order valence-corrected chi connectivity index (χ2v) is 8.21. The van der Waals surface area contributed by atoms with E-state index in [9.17, 15) is 9.59 Å². The molecule has 0 unspecified atom stereocenters. The first-order chi connectivity index (χ1) is 15.5. The van der Waals surface area contributed by atoms with Gasteiger partial charge in [0.25, 0.3) is 0 Å². The van der Waals surface area contributed by atoms with Crippen LogP contribution in [0.2, 0.25) is 5.02 Å². The Kier molecular flexibility index (Phi) is 11.5. The summed E-state index contributed by atoms with van der Waals surface area (Å²) in [4.78, 5) is 28.6. The summed E-state index contributed by atoms with van der Waals surface area (Å²) in [6.07, 6.45) is 0.895. The molecule has 0 saturated carbocycles. The van der Waals surface area contributed by atoms with Crippen LogP contribution in [0.4, 0.5) is 10.5 Å². The van der Waals surface area contributed by atoms with Crippen LogP contribution >= 0.6 is 24.0 Å². The minimum atomic E-state index is -0.366. The Balaban J connectivity index is 0.00000385. The zero-order valence-corrected chi connectivity index (χ0v) is 20.5. The van der Waals surface area contributed by atoms with Crippen molar-refractivity contribution in [3.05, 3.63) is 64.7 Å². The van der Waals surface area contributed by atoms with Gasteiger partial charge in [0.2, 0.25) is 0 Å². The number of amides is 2. The average Bonchev–Trinajstić information content (AvgIpc) is 2.80. The number of rotatable bonds is 9. The molecule has 180 valence electrons. The van der Waals surface area contributed by atoms with E-state index in [2.05, 4.69) is 32.6 Å². The first kappa shape index (κ1) is 26.9. The number of nitrogens with one attached hydrogen (secondary N) is 2. The summed E-state index contributed by atoms with van der Waals surface area (Å²) in [5, 5.41) is 6.44. The van der Waals surface area contributed by atoms with Crippen molar-refractivity contribution in [1.82, 2.24) is 15.1 Å². The zero-order valence-electron chi connectivity index (χ0n) is 18.9. The molecule has 2 amide bonds. The summed E-state index contributed by atoms with van der Waals surface area (Å²) >= 11 is 5.95. The summed E-state index contributed by atoms with van der Waals surface area (Å²) in [5.74, 6) is -0.366. The summed E-state index contributed by atoms with van der Waals surface area (Å²) in [6, 6.07) is 14.5. The van der Waals surface area contributed by atoms with Crippen LogP contribution in [-0.2, 0) is 11.3 Å². The smallest absolute Gasteiger partial charge is 0.338 e. The Morgan fingerprint density at radius 1 is 0.970 bits per heavy atom. The molecule has 0 radical (unpaired) electrons. The van der Waals surface area contributed by atoms with Gasteiger partial charge < -0.3 is 20.3 Å². The standard InChI is InChI=1S/C24H31ClN4O3.ClH/c1-2-32-23(30)20-6-10-22(11-7-20)27-24(31)26-12-3-13-28-14-16-29(17-15-28)18-19-4-8-21(25)9-5-19;/h4-11H,2-3,12-18H2,1H3,(H2,26,27,31);1H. The van der Waals surface area contributed by atoms with E-state index in [0.29, 0.717) is 24.4 Å². The van der Waals surface area contributed by atoms with Gasteiger partial charge in [-0.15, -0.1) is 12.4 Å². The topological polar surface area (TPSA) is 73.9 Å². The van der Waals surface area contributed by atoms with Gasteiger partial charge in [-0.05, 0) is 61.9 Å². The van der Waals surface area contributed by atoms with Crippen molar-refractivity contribution in [1.29, 1.82) is 0 Å². The highest BCUT2D eigenvalue weighted by Crippen LogP contribution is 2.13. The van der Waals surface area contributed by atoms with E-state index in [1.54, 1.807) is 31.2 Å². The Labute approximate surface area is 206 Å². The molecule has 33 heavy (non-hydrogen) atoms. The molecule has 0 bridgehead atoms. The molecule has 1 aliphatic heterocycles. The quantitative estimate of drug-likeness (QED) is 0.402. The maximum Gasteiger partial charge on any atom is 0.338 e. The SMILES string of the molecule is CCOC(=O)c1ccc(NC(=O)NCCCN2CCN(Cc3ccc(Cl)cc3)CC2)cc1.Cl. The van der Waals surface area contributed by atoms with Crippen LogP contribution in [0.25, 0.3) is 0 Å². The second-order valence-electron chi connectivity index (χ2n) is 7.78. The number of nitrogens with zero attached hydrogens (tertiary/aromatic N) is 2. The number of urea groups is 1. The van der Waals surface area contributed by atoms with Gasteiger partial charge in [-0.1, -0.05) is 23.7 Å². The summed E-state index contributed by atoms with van der Waals surface area (Å²) in [7, 11) is 0. The van der Waals surface area contributed by atoms with Crippen LogP contribution < -0.4 is 10.6 Å². The van der Waals surface area contributed by atoms with E-state index >= 15 is 0 Å². The van der Waals surface area contributed by atoms with E-state index in [1.165, 1.54) is 5.56 Å². The first-order valence-electron chi connectivity index (χ1n) is 11.0. The summed E-state index contributed by atoms with van der Waals surface area (Å²) in [6.45, 7) is 8.77. The lowest BCUT2D eigenvalue weighted by Gasteiger charge is -2.34. The van der Waals surface area contributed by atoms with Crippen LogP contribution in [0.3, 0.4) is 0 Å². The predicted octanol–water partition coefficient (Wildman–Crippen LogP) is 4.27. The van der Waals surface area contributed by atoms with Gasteiger partial charge in [-0.3, -0.25) is 4.90 Å². The van der Waals surface area contributed by atoms with Gasteiger partial charge in [-0.2, -0.15) is 0 Å². The third kappa shape index (κ3) is 9.21. The van der Waals surface area contributed by atoms with Crippen LogP contribution in [0, 0.1) is 0 Å². The molecule has 1 heterocycles. The summed E-state index contributed by atoms with van der Waals surface area (Å²) < 4.78 is 4.95. The molecule has 2 N–H and O–H groups in total. The predicted molar refractivity (Wildman–Crippen MR) is 134 cm³/mol. The second kappa shape index (κ2) is 14.1.